The van der Waals surface area contributed by atoms with E-state index in [1.165, 1.54) is 5.56 Å². The maximum atomic E-state index is 5.65. The molecule has 3 nitrogen and oxygen atoms in total. The monoisotopic (exact) mass is 282 g/mol. The van der Waals surface area contributed by atoms with Crippen molar-refractivity contribution in [2.24, 2.45) is 11.8 Å². The molecular weight excluding hydrogens is 256 g/mol. The van der Waals surface area contributed by atoms with Crippen LogP contribution >= 0.6 is 11.8 Å². The first-order chi connectivity index (χ1) is 9.02. The molecule has 0 radical (unpaired) electrons. The van der Waals surface area contributed by atoms with E-state index < -0.39 is 0 Å². The van der Waals surface area contributed by atoms with Gasteiger partial charge in [0.2, 0.25) is 0 Å². The number of rotatable bonds is 8. The van der Waals surface area contributed by atoms with Gasteiger partial charge in [-0.25, -0.2) is 0 Å². The average molecular weight is 282 g/mol. The maximum absolute atomic E-state index is 5.65. The van der Waals surface area contributed by atoms with Gasteiger partial charge < -0.3 is 4.74 Å². The van der Waals surface area contributed by atoms with Gasteiger partial charge in [0.1, 0.15) is 5.75 Å². The van der Waals surface area contributed by atoms with Crippen LogP contribution in [0.2, 0.25) is 0 Å². The van der Waals surface area contributed by atoms with Crippen molar-refractivity contribution in [3.63, 3.8) is 0 Å². The van der Waals surface area contributed by atoms with E-state index in [4.69, 9.17) is 10.6 Å². The zero-order valence-electron chi connectivity index (χ0n) is 12.3. The van der Waals surface area contributed by atoms with Crippen molar-refractivity contribution in [1.29, 1.82) is 0 Å². The Bertz CT molecular complexity index is 352. The zero-order chi connectivity index (χ0) is 14.3. The summed E-state index contributed by atoms with van der Waals surface area (Å²) in [7, 11) is 0. The third-order valence-electron chi connectivity index (χ3n) is 2.59. The van der Waals surface area contributed by atoms with Crippen LogP contribution in [0.3, 0.4) is 0 Å². The standard InChI is InChI=1S/C15H26N2OS/c1-11(2)9-19-10-15(17-16)13-5-7-14(8-6-13)18-12(3)4/h5-8,11-12,15,17H,9-10,16H2,1-4H3. The van der Waals surface area contributed by atoms with Gasteiger partial charge in [0, 0.05) is 5.75 Å². The molecule has 4 heteroatoms. The summed E-state index contributed by atoms with van der Waals surface area (Å²) in [5.74, 6) is 9.41. The highest BCUT2D eigenvalue weighted by Crippen LogP contribution is 2.22. The van der Waals surface area contributed by atoms with Crippen molar-refractivity contribution in [3.05, 3.63) is 29.8 Å². The summed E-state index contributed by atoms with van der Waals surface area (Å²) < 4.78 is 5.64. The number of hydrogen-bond acceptors (Lipinski definition) is 4. The molecule has 108 valence electrons. The van der Waals surface area contributed by atoms with E-state index in [1.807, 2.05) is 37.7 Å². The molecule has 0 aliphatic carbocycles. The van der Waals surface area contributed by atoms with Gasteiger partial charge in [-0.05, 0) is 43.2 Å². The number of nitrogens with one attached hydrogen (secondary N) is 1. The summed E-state index contributed by atoms with van der Waals surface area (Å²) in [5, 5.41) is 0. The van der Waals surface area contributed by atoms with Crippen LogP contribution in [-0.2, 0) is 0 Å². The lowest BCUT2D eigenvalue weighted by atomic mass is 10.1. The van der Waals surface area contributed by atoms with E-state index in [9.17, 15) is 0 Å². The summed E-state index contributed by atoms with van der Waals surface area (Å²) in [6.07, 6.45) is 0.205. The molecule has 0 heterocycles. The minimum atomic E-state index is 0.192. The third kappa shape index (κ3) is 6.32. The lowest BCUT2D eigenvalue weighted by Gasteiger charge is -2.17. The molecule has 0 aromatic heterocycles. The minimum Gasteiger partial charge on any atom is -0.491 e. The molecule has 0 aliphatic rings. The SMILES string of the molecule is CC(C)CSCC(NN)c1ccc(OC(C)C)cc1. The maximum Gasteiger partial charge on any atom is 0.119 e. The highest BCUT2D eigenvalue weighted by Gasteiger charge is 2.10. The van der Waals surface area contributed by atoms with E-state index in [2.05, 4.69) is 31.4 Å². The fourth-order valence-electron chi connectivity index (χ4n) is 1.71. The number of hydrazine groups is 1. The van der Waals surface area contributed by atoms with Crippen molar-refractivity contribution < 1.29 is 4.74 Å². The highest BCUT2D eigenvalue weighted by atomic mass is 32.2. The van der Waals surface area contributed by atoms with Crippen LogP contribution in [0.15, 0.2) is 24.3 Å². The Morgan fingerprint density at radius 2 is 1.74 bits per heavy atom. The van der Waals surface area contributed by atoms with Crippen LogP contribution in [0, 0.1) is 5.92 Å². The second kappa shape index (κ2) is 8.46. The van der Waals surface area contributed by atoms with Gasteiger partial charge in [-0.1, -0.05) is 26.0 Å². The molecule has 1 aromatic carbocycles. The Morgan fingerprint density at radius 1 is 1.11 bits per heavy atom. The van der Waals surface area contributed by atoms with Gasteiger partial charge in [-0.2, -0.15) is 11.8 Å². The predicted molar refractivity (Wildman–Crippen MR) is 84.4 cm³/mol. The van der Waals surface area contributed by atoms with E-state index in [0.29, 0.717) is 5.92 Å². The lowest BCUT2D eigenvalue weighted by molar-refractivity contribution is 0.242. The highest BCUT2D eigenvalue weighted by molar-refractivity contribution is 7.99. The lowest BCUT2D eigenvalue weighted by Crippen LogP contribution is -2.29. The minimum absolute atomic E-state index is 0.192. The van der Waals surface area contributed by atoms with Crippen molar-refractivity contribution in [2.45, 2.75) is 39.8 Å². The summed E-state index contributed by atoms with van der Waals surface area (Å²) >= 11 is 1.93. The van der Waals surface area contributed by atoms with E-state index in [-0.39, 0.29) is 12.1 Å². The molecule has 0 bridgehead atoms. The van der Waals surface area contributed by atoms with Crippen LogP contribution in [0.4, 0.5) is 0 Å². The molecule has 0 amide bonds. The number of benzene rings is 1. The van der Waals surface area contributed by atoms with Gasteiger partial charge >= 0.3 is 0 Å². The molecule has 1 aromatic rings. The van der Waals surface area contributed by atoms with Gasteiger partial charge in [-0.15, -0.1) is 0 Å². The van der Waals surface area contributed by atoms with E-state index in [0.717, 1.165) is 17.3 Å². The topological polar surface area (TPSA) is 47.3 Å². The van der Waals surface area contributed by atoms with Crippen LogP contribution in [0.5, 0.6) is 5.75 Å². The average Bonchev–Trinajstić information content (AvgIpc) is 2.35. The van der Waals surface area contributed by atoms with Crippen molar-refractivity contribution in [3.8, 4) is 5.75 Å². The second-order valence-corrected chi connectivity index (χ2v) is 6.46. The first-order valence-corrected chi connectivity index (χ1v) is 7.99. The molecule has 0 aliphatic heterocycles. The summed E-state index contributed by atoms with van der Waals surface area (Å²) in [6, 6.07) is 8.37. The fourth-order valence-corrected chi connectivity index (χ4v) is 2.84. The second-order valence-electron chi connectivity index (χ2n) is 5.39. The molecule has 19 heavy (non-hydrogen) atoms. The molecule has 3 N–H and O–H groups in total. The van der Waals surface area contributed by atoms with Crippen molar-refractivity contribution in [1.82, 2.24) is 5.43 Å². The van der Waals surface area contributed by atoms with Crippen LogP contribution < -0.4 is 16.0 Å². The Hall–Kier alpha value is -0.710. The largest absolute Gasteiger partial charge is 0.491 e. The predicted octanol–water partition coefficient (Wildman–Crippen LogP) is 3.37. The van der Waals surface area contributed by atoms with Gasteiger partial charge in [0.25, 0.3) is 0 Å². The zero-order valence-corrected chi connectivity index (χ0v) is 13.2. The Kier molecular flexibility index (Phi) is 7.28. The van der Waals surface area contributed by atoms with Crippen LogP contribution in [0.25, 0.3) is 0 Å². The molecule has 0 saturated carbocycles. The van der Waals surface area contributed by atoms with Crippen molar-refractivity contribution in [2.75, 3.05) is 11.5 Å². The van der Waals surface area contributed by atoms with Crippen LogP contribution in [0.1, 0.15) is 39.3 Å². The number of hydrogen-bond donors (Lipinski definition) is 2. The quantitative estimate of drug-likeness (QED) is 0.567. The molecule has 0 fully saturated rings. The third-order valence-corrected chi connectivity index (χ3v) is 4.06. The smallest absolute Gasteiger partial charge is 0.119 e. The number of ether oxygens (including phenoxy) is 1. The number of nitrogens with two attached hydrogens (primary N) is 1. The molecule has 1 rings (SSSR count). The first-order valence-electron chi connectivity index (χ1n) is 6.83. The van der Waals surface area contributed by atoms with E-state index >= 15 is 0 Å². The molecular formula is C15H26N2OS. The molecule has 1 unspecified atom stereocenters. The Labute approximate surface area is 121 Å². The summed E-state index contributed by atoms with van der Waals surface area (Å²) in [4.78, 5) is 0. The van der Waals surface area contributed by atoms with Crippen LogP contribution in [-0.4, -0.2) is 17.6 Å². The van der Waals surface area contributed by atoms with Gasteiger partial charge in [0.05, 0.1) is 12.1 Å². The fraction of sp³-hybridized carbons (Fsp3) is 0.600. The Morgan fingerprint density at radius 3 is 2.21 bits per heavy atom. The molecule has 0 spiro atoms. The van der Waals surface area contributed by atoms with E-state index in [1.54, 1.807) is 0 Å². The van der Waals surface area contributed by atoms with Crippen molar-refractivity contribution >= 4 is 11.8 Å². The molecule has 1 atom stereocenters. The molecule has 0 saturated heterocycles. The summed E-state index contributed by atoms with van der Waals surface area (Å²) in [6.45, 7) is 8.52. The normalized spacial score (nSPS) is 13.0. The first kappa shape index (κ1) is 16.3. The number of thioether (sulfide) groups is 1. The Balaban J connectivity index is 2.55. The van der Waals surface area contributed by atoms with Gasteiger partial charge in [-0.3, -0.25) is 11.3 Å². The summed E-state index contributed by atoms with van der Waals surface area (Å²) in [5.41, 5.74) is 4.09. The van der Waals surface area contributed by atoms with Gasteiger partial charge in [0.15, 0.2) is 0 Å².